The summed E-state index contributed by atoms with van der Waals surface area (Å²) in [6, 6.07) is 13.9. The number of likely N-dealkylation sites (N-methyl/N-ethyl adjacent to an activating group) is 1. The van der Waals surface area contributed by atoms with Crippen LogP contribution in [0.2, 0.25) is 0 Å². The second kappa shape index (κ2) is 8.60. The van der Waals surface area contributed by atoms with E-state index in [0.29, 0.717) is 6.04 Å². The highest BCUT2D eigenvalue weighted by atomic mass is 15.2. The lowest BCUT2D eigenvalue weighted by atomic mass is 9.98. The Morgan fingerprint density at radius 2 is 2.00 bits per heavy atom. The van der Waals surface area contributed by atoms with Gasteiger partial charge in [-0.1, -0.05) is 24.3 Å². The maximum Gasteiger partial charge on any atom is 0.157 e. The number of nitrogens with one attached hydrogen (secondary N) is 1. The number of benzene rings is 2. The van der Waals surface area contributed by atoms with E-state index in [1.54, 1.807) is 0 Å². The van der Waals surface area contributed by atoms with Gasteiger partial charge in [-0.3, -0.25) is 0 Å². The van der Waals surface area contributed by atoms with Crippen LogP contribution in [0.25, 0.3) is 10.8 Å². The zero-order valence-corrected chi connectivity index (χ0v) is 18.8. The zero-order chi connectivity index (χ0) is 21.3. The first-order valence-corrected chi connectivity index (χ1v) is 10.9. The molecule has 0 amide bonds. The molecule has 2 heterocycles. The van der Waals surface area contributed by atoms with Gasteiger partial charge in [-0.15, -0.1) is 5.10 Å². The van der Waals surface area contributed by atoms with E-state index in [1.807, 2.05) is 6.20 Å². The Morgan fingerprint density at radius 3 is 2.80 bits per heavy atom. The predicted molar refractivity (Wildman–Crippen MR) is 126 cm³/mol. The molecule has 2 atom stereocenters. The number of hydrogen-bond acceptors (Lipinski definition) is 5. The van der Waals surface area contributed by atoms with Crippen molar-refractivity contribution in [2.75, 3.05) is 37.4 Å². The number of hydrogen-bond donors (Lipinski definition) is 1. The van der Waals surface area contributed by atoms with E-state index in [0.717, 1.165) is 29.7 Å². The third-order valence-electron chi connectivity index (χ3n) is 6.60. The van der Waals surface area contributed by atoms with Crippen LogP contribution >= 0.6 is 0 Å². The quantitative estimate of drug-likeness (QED) is 0.653. The van der Waals surface area contributed by atoms with Crippen LogP contribution in [0.5, 0.6) is 0 Å². The summed E-state index contributed by atoms with van der Waals surface area (Å²) < 4.78 is 0. The monoisotopic (exact) mass is 403 g/mol. The first-order valence-electron chi connectivity index (χ1n) is 10.9. The van der Waals surface area contributed by atoms with Crippen molar-refractivity contribution in [2.45, 2.75) is 45.7 Å². The third-order valence-corrected chi connectivity index (χ3v) is 6.60. The molecule has 3 aromatic rings. The highest BCUT2D eigenvalue weighted by molar-refractivity contribution is 5.93. The zero-order valence-electron chi connectivity index (χ0n) is 18.8. The lowest BCUT2D eigenvalue weighted by molar-refractivity contribution is 0.258. The van der Waals surface area contributed by atoms with Crippen LogP contribution in [0.15, 0.2) is 42.6 Å². The van der Waals surface area contributed by atoms with Crippen LogP contribution in [0, 0.1) is 13.8 Å². The Bertz CT molecular complexity index is 1030. The molecule has 158 valence electrons. The summed E-state index contributed by atoms with van der Waals surface area (Å²) in [5, 5.41) is 14.6. The van der Waals surface area contributed by atoms with Crippen molar-refractivity contribution in [3.8, 4) is 0 Å². The molecule has 2 aromatic carbocycles. The fourth-order valence-corrected chi connectivity index (χ4v) is 4.50. The minimum absolute atomic E-state index is 0.154. The van der Waals surface area contributed by atoms with Crippen LogP contribution in [-0.4, -0.2) is 48.3 Å². The lowest BCUT2D eigenvalue weighted by Gasteiger charge is -2.37. The Morgan fingerprint density at radius 1 is 1.17 bits per heavy atom. The highest BCUT2D eigenvalue weighted by Gasteiger charge is 2.22. The van der Waals surface area contributed by atoms with Gasteiger partial charge in [0.1, 0.15) is 0 Å². The molecule has 0 spiro atoms. The van der Waals surface area contributed by atoms with Gasteiger partial charge >= 0.3 is 0 Å². The summed E-state index contributed by atoms with van der Waals surface area (Å²) >= 11 is 0. The molecule has 1 aromatic heterocycles. The Labute approximate surface area is 180 Å². The maximum absolute atomic E-state index is 4.47. The average molecular weight is 404 g/mol. The van der Waals surface area contributed by atoms with E-state index in [9.17, 15) is 0 Å². The van der Waals surface area contributed by atoms with Crippen molar-refractivity contribution in [1.82, 2.24) is 15.1 Å². The van der Waals surface area contributed by atoms with Crippen LogP contribution in [0.3, 0.4) is 0 Å². The van der Waals surface area contributed by atoms with Gasteiger partial charge in [0.25, 0.3) is 0 Å². The number of aromatic nitrogens is 2. The third kappa shape index (κ3) is 4.12. The maximum atomic E-state index is 4.47. The largest absolute Gasteiger partial charge is 0.370 e. The Hall–Kier alpha value is -2.66. The van der Waals surface area contributed by atoms with Crippen molar-refractivity contribution >= 4 is 22.3 Å². The minimum Gasteiger partial charge on any atom is -0.370 e. The number of piperidine rings is 1. The Kier molecular flexibility index (Phi) is 5.91. The molecular formula is C25H33N5. The minimum atomic E-state index is 0.154. The number of anilines is 2. The van der Waals surface area contributed by atoms with Crippen LogP contribution in [0.1, 0.15) is 42.5 Å². The molecule has 5 nitrogen and oxygen atoms in total. The van der Waals surface area contributed by atoms with E-state index in [4.69, 9.17) is 0 Å². The fraction of sp³-hybridized carbons (Fsp3) is 0.440. The molecule has 1 unspecified atom stereocenters. The van der Waals surface area contributed by atoms with E-state index in [-0.39, 0.29) is 6.04 Å². The van der Waals surface area contributed by atoms with Crippen LogP contribution in [-0.2, 0) is 0 Å². The lowest BCUT2D eigenvalue weighted by Crippen LogP contribution is -2.45. The highest BCUT2D eigenvalue weighted by Crippen LogP contribution is 2.31. The van der Waals surface area contributed by atoms with Gasteiger partial charge in [0.15, 0.2) is 5.82 Å². The fourth-order valence-electron chi connectivity index (χ4n) is 4.50. The summed E-state index contributed by atoms with van der Waals surface area (Å²) in [6.45, 7) is 8.72. The normalized spacial score (nSPS) is 18.1. The number of rotatable bonds is 5. The van der Waals surface area contributed by atoms with Gasteiger partial charge < -0.3 is 15.1 Å². The number of fused-ring (bicyclic) bond motifs is 1. The molecule has 5 heteroatoms. The SMILES string of the molecule is Cc1cccc([C@@H](C)Nc2nncc3ccc(N4CCCC(N(C)C)C4)cc23)c1C. The van der Waals surface area contributed by atoms with Gasteiger partial charge in [0, 0.05) is 35.6 Å². The van der Waals surface area contributed by atoms with E-state index in [1.165, 1.54) is 35.2 Å². The summed E-state index contributed by atoms with van der Waals surface area (Å²) in [6.07, 6.45) is 4.35. The van der Waals surface area contributed by atoms with Gasteiger partial charge in [-0.2, -0.15) is 5.10 Å². The molecule has 1 aliphatic rings. The van der Waals surface area contributed by atoms with Crippen molar-refractivity contribution in [3.63, 3.8) is 0 Å². The molecular weight excluding hydrogens is 370 g/mol. The molecule has 1 N–H and O–H groups in total. The average Bonchev–Trinajstić information content (AvgIpc) is 2.75. The first kappa shape index (κ1) is 20.6. The summed E-state index contributed by atoms with van der Waals surface area (Å²) in [4.78, 5) is 4.85. The number of nitrogens with zero attached hydrogens (tertiary/aromatic N) is 4. The molecule has 0 bridgehead atoms. The second-order valence-corrected chi connectivity index (χ2v) is 8.83. The van der Waals surface area contributed by atoms with E-state index in [2.05, 4.69) is 96.6 Å². The molecule has 4 rings (SSSR count). The molecule has 0 saturated carbocycles. The topological polar surface area (TPSA) is 44.3 Å². The van der Waals surface area contributed by atoms with Crippen molar-refractivity contribution in [1.29, 1.82) is 0 Å². The summed E-state index contributed by atoms with van der Waals surface area (Å²) in [5.41, 5.74) is 5.21. The van der Waals surface area contributed by atoms with Gasteiger partial charge in [-0.25, -0.2) is 0 Å². The smallest absolute Gasteiger partial charge is 0.157 e. The first-order chi connectivity index (χ1) is 14.4. The predicted octanol–water partition coefficient (Wildman–Crippen LogP) is 4.95. The molecule has 0 aliphatic carbocycles. The second-order valence-electron chi connectivity index (χ2n) is 8.83. The van der Waals surface area contributed by atoms with Gasteiger partial charge in [0.05, 0.1) is 12.2 Å². The molecule has 1 fully saturated rings. The van der Waals surface area contributed by atoms with Crippen molar-refractivity contribution in [2.24, 2.45) is 0 Å². The van der Waals surface area contributed by atoms with E-state index < -0.39 is 0 Å². The van der Waals surface area contributed by atoms with E-state index >= 15 is 0 Å². The van der Waals surface area contributed by atoms with Gasteiger partial charge in [0.2, 0.25) is 0 Å². The summed E-state index contributed by atoms with van der Waals surface area (Å²) in [7, 11) is 4.36. The van der Waals surface area contributed by atoms with Gasteiger partial charge in [-0.05, 0) is 76.5 Å². The molecule has 30 heavy (non-hydrogen) atoms. The van der Waals surface area contributed by atoms with Crippen LogP contribution in [0.4, 0.5) is 11.5 Å². The molecule has 1 saturated heterocycles. The Balaban J connectivity index is 1.64. The standard InChI is InChI=1S/C25H33N5/c1-17-8-6-10-23(18(17)2)19(3)27-25-24-14-21(12-11-20(24)15-26-28-25)30-13-7-9-22(16-30)29(4)5/h6,8,10-12,14-15,19,22H,7,9,13,16H2,1-5H3,(H,27,28)/t19-,22?/m1/s1. The van der Waals surface area contributed by atoms with Crippen LogP contribution < -0.4 is 10.2 Å². The van der Waals surface area contributed by atoms with Crippen molar-refractivity contribution < 1.29 is 0 Å². The van der Waals surface area contributed by atoms with Crippen molar-refractivity contribution in [3.05, 3.63) is 59.3 Å². The molecule has 1 aliphatic heterocycles. The molecule has 0 radical (unpaired) electrons. The number of aryl methyl sites for hydroxylation is 1. The summed E-state index contributed by atoms with van der Waals surface area (Å²) in [5.74, 6) is 0.851.